The van der Waals surface area contributed by atoms with Crippen molar-refractivity contribution < 1.29 is 9.53 Å². The summed E-state index contributed by atoms with van der Waals surface area (Å²) in [6, 6.07) is 0. The summed E-state index contributed by atoms with van der Waals surface area (Å²) in [5, 5.41) is 4.24. The van der Waals surface area contributed by atoms with Crippen LogP contribution in [0.3, 0.4) is 0 Å². The van der Waals surface area contributed by atoms with Crippen LogP contribution >= 0.6 is 0 Å². The van der Waals surface area contributed by atoms with Crippen molar-refractivity contribution in [3.05, 3.63) is 11.9 Å². The maximum atomic E-state index is 12.8. The van der Waals surface area contributed by atoms with Crippen LogP contribution < -0.4 is 10.5 Å². The normalized spacial score (nSPS) is 18.3. The van der Waals surface area contributed by atoms with E-state index in [0.29, 0.717) is 18.0 Å². The van der Waals surface area contributed by atoms with E-state index in [9.17, 15) is 4.79 Å². The van der Waals surface area contributed by atoms with E-state index in [1.54, 1.807) is 18.0 Å². The second-order valence-corrected chi connectivity index (χ2v) is 5.33. The molecule has 0 radical (unpaired) electrons. The number of nitrogens with zero attached hydrogens (tertiary/aromatic N) is 2. The molecule has 0 amide bonds. The average molecular weight is 265 g/mol. The zero-order chi connectivity index (χ0) is 13.9. The highest BCUT2D eigenvalue weighted by Gasteiger charge is 2.39. The molecule has 0 saturated heterocycles. The van der Waals surface area contributed by atoms with Gasteiger partial charge in [-0.3, -0.25) is 9.48 Å². The molecule has 0 atom stereocenters. The highest BCUT2D eigenvalue weighted by atomic mass is 16.5. The highest BCUT2D eigenvalue weighted by molar-refractivity contribution is 6.03. The molecule has 1 aliphatic carbocycles. The molecule has 0 spiro atoms. The second-order valence-electron chi connectivity index (χ2n) is 5.33. The lowest BCUT2D eigenvalue weighted by molar-refractivity contribution is 0.0832. The maximum absolute atomic E-state index is 12.8. The molecular formula is C14H23N3O2. The van der Waals surface area contributed by atoms with Gasteiger partial charge in [0.15, 0.2) is 5.75 Å². The highest BCUT2D eigenvalue weighted by Crippen LogP contribution is 2.32. The standard InChI is InChI=1S/C14H23N3O2/c1-3-9-17-12(11(19-2)10-16-17)13(18)14(15)7-5-4-6-8-14/h10H,3-9,15H2,1-2H3. The van der Waals surface area contributed by atoms with E-state index in [4.69, 9.17) is 10.5 Å². The number of rotatable bonds is 5. The SMILES string of the molecule is CCCn1ncc(OC)c1C(=O)C1(N)CCCCC1. The van der Waals surface area contributed by atoms with Gasteiger partial charge >= 0.3 is 0 Å². The summed E-state index contributed by atoms with van der Waals surface area (Å²) in [5.74, 6) is 0.517. The average Bonchev–Trinajstić information content (AvgIpc) is 2.82. The third-order valence-electron chi connectivity index (χ3n) is 3.87. The number of methoxy groups -OCH3 is 1. The van der Waals surface area contributed by atoms with Gasteiger partial charge in [-0.05, 0) is 19.3 Å². The molecule has 1 fully saturated rings. The minimum absolute atomic E-state index is 0.0185. The van der Waals surface area contributed by atoms with Crippen molar-refractivity contribution in [3.8, 4) is 5.75 Å². The lowest BCUT2D eigenvalue weighted by Crippen LogP contribution is -2.50. The third kappa shape index (κ3) is 2.66. The lowest BCUT2D eigenvalue weighted by Gasteiger charge is -2.32. The Morgan fingerprint density at radius 3 is 2.74 bits per heavy atom. The van der Waals surface area contributed by atoms with E-state index >= 15 is 0 Å². The summed E-state index contributed by atoms with van der Waals surface area (Å²) in [6.07, 6.45) is 7.24. The first kappa shape index (κ1) is 14.1. The first-order valence-electron chi connectivity index (χ1n) is 7.06. The van der Waals surface area contributed by atoms with E-state index in [1.807, 2.05) is 0 Å². The first-order chi connectivity index (χ1) is 9.12. The molecule has 0 unspecified atom stereocenters. The number of Topliss-reactive ketones (excluding diaryl/α,β-unsaturated/α-hetero) is 1. The van der Waals surface area contributed by atoms with Crippen LogP contribution in [-0.4, -0.2) is 28.2 Å². The van der Waals surface area contributed by atoms with Gasteiger partial charge in [0.1, 0.15) is 5.69 Å². The number of nitrogens with two attached hydrogens (primary N) is 1. The van der Waals surface area contributed by atoms with Gasteiger partial charge in [-0.1, -0.05) is 26.2 Å². The van der Waals surface area contributed by atoms with Crippen molar-refractivity contribution in [2.24, 2.45) is 5.73 Å². The largest absolute Gasteiger partial charge is 0.493 e. The number of carbonyl (C=O) groups excluding carboxylic acids is 1. The summed E-state index contributed by atoms with van der Waals surface area (Å²) in [5.41, 5.74) is 6.13. The number of aromatic nitrogens is 2. The van der Waals surface area contributed by atoms with Crippen molar-refractivity contribution in [1.29, 1.82) is 0 Å². The predicted octanol–water partition coefficient (Wildman–Crippen LogP) is 2.15. The van der Waals surface area contributed by atoms with Gasteiger partial charge < -0.3 is 10.5 Å². The van der Waals surface area contributed by atoms with Crippen LogP contribution in [0.2, 0.25) is 0 Å². The number of hydrogen-bond donors (Lipinski definition) is 1. The Morgan fingerprint density at radius 2 is 2.16 bits per heavy atom. The second kappa shape index (κ2) is 5.74. The minimum atomic E-state index is -0.739. The molecule has 0 aromatic carbocycles. The Balaban J connectivity index is 2.33. The van der Waals surface area contributed by atoms with Crippen LogP contribution in [0.25, 0.3) is 0 Å². The monoisotopic (exact) mass is 265 g/mol. The van der Waals surface area contributed by atoms with E-state index in [1.165, 1.54) is 0 Å². The molecule has 2 rings (SSSR count). The van der Waals surface area contributed by atoms with E-state index in [2.05, 4.69) is 12.0 Å². The molecule has 1 aromatic rings. The summed E-state index contributed by atoms with van der Waals surface area (Å²) in [7, 11) is 1.56. The maximum Gasteiger partial charge on any atom is 0.204 e. The molecule has 2 N–H and O–H groups in total. The van der Waals surface area contributed by atoms with Crippen LogP contribution in [0.1, 0.15) is 55.9 Å². The van der Waals surface area contributed by atoms with Crippen LogP contribution in [0.15, 0.2) is 6.20 Å². The summed E-state index contributed by atoms with van der Waals surface area (Å²) >= 11 is 0. The van der Waals surface area contributed by atoms with Crippen molar-refractivity contribution >= 4 is 5.78 Å². The minimum Gasteiger partial charge on any atom is -0.493 e. The van der Waals surface area contributed by atoms with Crippen molar-refractivity contribution in [1.82, 2.24) is 9.78 Å². The smallest absolute Gasteiger partial charge is 0.204 e. The molecular weight excluding hydrogens is 242 g/mol. The molecule has 1 aromatic heterocycles. The zero-order valence-corrected chi connectivity index (χ0v) is 11.8. The number of ether oxygens (including phenoxy) is 1. The Morgan fingerprint density at radius 1 is 1.47 bits per heavy atom. The quantitative estimate of drug-likeness (QED) is 0.828. The van der Waals surface area contributed by atoms with Crippen LogP contribution in [0.4, 0.5) is 0 Å². The zero-order valence-electron chi connectivity index (χ0n) is 11.8. The van der Waals surface area contributed by atoms with Gasteiger partial charge in [0, 0.05) is 6.54 Å². The topological polar surface area (TPSA) is 70.1 Å². The van der Waals surface area contributed by atoms with Gasteiger partial charge in [0.2, 0.25) is 5.78 Å². The molecule has 1 heterocycles. The molecule has 106 valence electrons. The summed E-state index contributed by atoms with van der Waals surface area (Å²) in [4.78, 5) is 12.8. The lowest BCUT2D eigenvalue weighted by atomic mass is 9.78. The number of hydrogen-bond acceptors (Lipinski definition) is 4. The Hall–Kier alpha value is -1.36. The molecule has 5 nitrogen and oxygen atoms in total. The molecule has 19 heavy (non-hydrogen) atoms. The molecule has 1 saturated carbocycles. The van der Waals surface area contributed by atoms with Gasteiger partial charge in [-0.2, -0.15) is 5.10 Å². The summed E-state index contributed by atoms with van der Waals surface area (Å²) in [6.45, 7) is 2.77. The first-order valence-corrected chi connectivity index (χ1v) is 7.06. The van der Waals surface area contributed by atoms with Gasteiger partial charge in [0.25, 0.3) is 0 Å². The van der Waals surface area contributed by atoms with E-state index in [-0.39, 0.29) is 5.78 Å². The number of aryl methyl sites for hydroxylation is 1. The van der Waals surface area contributed by atoms with Crippen molar-refractivity contribution in [2.75, 3.05) is 7.11 Å². The molecule has 1 aliphatic rings. The van der Waals surface area contributed by atoms with Gasteiger partial charge in [-0.25, -0.2) is 0 Å². The van der Waals surface area contributed by atoms with Crippen LogP contribution in [-0.2, 0) is 6.54 Å². The van der Waals surface area contributed by atoms with E-state index < -0.39 is 5.54 Å². The Labute approximate surface area is 114 Å². The third-order valence-corrected chi connectivity index (χ3v) is 3.87. The number of carbonyl (C=O) groups is 1. The van der Waals surface area contributed by atoms with Gasteiger partial charge in [0.05, 0.1) is 18.8 Å². The Kier molecular flexibility index (Phi) is 4.24. The van der Waals surface area contributed by atoms with Gasteiger partial charge in [-0.15, -0.1) is 0 Å². The fourth-order valence-electron chi connectivity index (χ4n) is 2.77. The number of ketones is 1. The van der Waals surface area contributed by atoms with Crippen molar-refractivity contribution in [2.45, 2.75) is 57.5 Å². The Bertz CT molecular complexity index is 448. The van der Waals surface area contributed by atoms with Crippen LogP contribution in [0, 0.1) is 0 Å². The predicted molar refractivity (Wildman–Crippen MR) is 73.4 cm³/mol. The van der Waals surface area contributed by atoms with E-state index in [0.717, 1.165) is 38.5 Å². The molecule has 0 bridgehead atoms. The van der Waals surface area contributed by atoms with Crippen molar-refractivity contribution in [3.63, 3.8) is 0 Å². The molecule has 5 heteroatoms. The van der Waals surface area contributed by atoms with Crippen LogP contribution in [0.5, 0.6) is 5.75 Å². The summed E-state index contributed by atoms with van der Waals surface area (Å²) < 4.78 is 7.00. The molecule has 0 aliphatic heterocycles. The fourth-order valence-corrected chi connectivity index (χ4v) is 2.77. The fraction of sp³-hybridized carbons (Fsp3) is 0.714.